The molecular weight excluding hydrogens is 357 g/mol. The number of rotatable bonds is 6. The Bertz CT molecular complexity index is 651. The maximum absolute atomic E-state index is 13.7. The van der Waals surface area contributed by atoms with Gasteiger partial charge >= 0.3 is 0 Å². The first-order chi connectivity index (χ1) is 10.1. The second-order valence-electron chi connectivity index (χ2n) is 4.16. The van der Waals surface area contributed by atoms with E-state index in [1.54, 1.807) is 6.07 Å². The van der Waals surface area contributed by atoms with Gasteiger partial charge in [-0.2, -0.15) is 0 Å². The van der Waals surface area contributed by atoms with Crippen LogP contribution in [0.1, 0.15) is 5.56 Å². The van der Waals surface area contributed by atoms with Crippen LogP contribution in [0.15, 0.2) is 46.9 Å². The predicted octanol–water partition coefficient (Wildman–Crippen LogP) is 3.68. The van der Waals surface area contributed by atoms with Crippen molar-refractivity contribution in [1.82, 2.24) is 0 Å². The predicted molar refractivity (Wildman–Crippen MR) is 87.4 cm³/mol. The quantitative estimate of drug-likeness (QED) is 0.623. The van der Waals surface area contributed by atoms with Gasteiger partial charge in [-0.05, 0) is 36.4 Å². The molecule has 0 spiro atoms. The zero-order chi connectivity index (χ0) is 15.2. The monoisotopic (exact) mass is 369 g/mol. The highest BCUT2D eigenvalue weighted by atomic mass is 79.9. The number of thiocarbonyl (C=S) groups is 1. The fourth-order valence-electron chi connectivity index (χ4n) is 1.64. The smallest absolute Gasteiger partial charge is 0.165 e. The van der Waals surface area contributed by atoms with Gasteiger partial charge in [0.1, 0.15) is 24.0 Å². The summed E-state index contributed by atoms with van der Waals surface area (Å²) < 4.78 is 25.5. The Balaban J connectivity index is 1.85. The number of benzene rings is 2. The van der Waals surface area contributed by atoms with Crippen LogP contribution in [0.4, 0.5) is 4.39 Å². The average molecular weight is 370 g/mol. The lowest BCUT2D eigenvalue weighted by Gasteiger charge is -2.10. The number of nitrogens with two attached hydrogens (primary N) is 1. The second-order valence-corrected chi connectivity index (χ2v) is 5.52. The first-order valence-corrected chi connectivity index (χ1v) is 7.37. The van der Waals surface area contributed by atoms with Gasteiger partial charge in [0.15, 0.2) is 11.6 Å². The lowest BCUT2D eigenvalue weighted by Crippen LogP contribution is -2.12. The van der Waals surface area contributed by atoms with Crippen LogP contribution >= 0.6 is 28.1 Å². The van der Waals surface area contributed by atoms with E-state index in [-0.39, 0.29) is 17.3 Å². The van der Waals surface area contributed by atoms with Crippen LogP contribution in [0.25, 0.3) is 0 Å². The standard InChI is InChI=1S/C15H13BrFNO2S/c16-11-2-1-3-12(9-11)19-6-7-20-14-5-4-10(15(18)21)8-13(14)17/h1-5,8-9H,6-7H2,(H2,18,21). The molecule has 0 amide bonds. The molecule has 21 heavy (non-hydrogen) atoms. The zero-order valence-electron chi connectivity index (χ0n) is 11.0. The van der Waals surface area contributed by atoms with Crippen molar-refractivity contribution in [2.24, 2.45) is 5.73 Å². The van der Waals surface area contributed by atoms with Crippen molar-refractivity contribution in [2.45, 2.75) is 0 Å². The molecule has 0 unspecified atom stereocenters. The maximum atomic E-state index is 13.7. The SMILES string of the molecule is NC(=S)c1ccc(OCCOc2cccc(Br)c2)c(F)c1. The summed E-state index contributed by atoms with van der Waals surface area (Å²) in [6.07, 6.45) is 0. The van der Waals surface area contributed by atoms with Crippen molar-refractivity contribution in [1.29, 1.82) is 0 Å². The van der Waals surface area contributed by atoms with Gasteiger partial charge in [-0.1, -0.05) is 34.2 Å². The first-order valence-electron chi connectivity index (χ1n) is 6.17. The van der Waals surface area contributed by atoms with E-state index in [1.165, 1.54) is 12.1 Å². The molecule has 110 valence electrons. The topological polar surface area (TPSA) is 44.5 Å². The summed E-state index contributed by atoms with van der Waals surface area (Å²) in [5.41, 5.74) is 5.90. The molecule has 0 aliphatic rings. The molecule has 6 heteroatoms. The average Bonchev–Trinajstić information content (AvgIpc) is 2.45. The van der Waals surface area contributed by atoms with Crippen molar-refractivity contribution < 1.29 is 13.9 Å². The van der Waals surface area contributed by atoms with Crippen molar-refractivity contribution >= 4 is 33.1 Å². The van der Waals surface area contributed by atoms with Crippen molar-refractivity contribution in [2.75, 3.05) is 13.2 Å². The van der Waals surface area contributed by atoms with Gasteiger partial charge in [-0.15, -0.1) is 0 Å². The molecule has 2 rings (SSSR count). The minimum atomic E-state index is -0.497. The third-order valence-electron chi connectivity index (χ3n) is 2.62. The third-order valence-corrected chi connectivity index (χ3v) is 3.35. The maximum Gasteiger partial charge on any atom is 0.165 e. The molecule has 0 saturated carbocycles. The Morgan fingerprint density at radius 3 is 2.57 bits per heavy atom. The van der Waals surface area contributed by atoms with Crippen LogP contribution in [0.2, 0.25) is 0 Å². The van der Waals surface area contributed by atoms with Gasteiger partial charge in [0.25, 0.3) is 0 Å². The van der Waals surface area contributed by atoms with E-state index in [2.05, 4.69) is 15.9 Å². The summed E-state index contributed by atoms with van der Waals surface area (Å²) in [6, 6.07) is 11.8. The molecular formula is C15H13BrFNO2S. The molecule has 2 aromatic rings. The van der Waals surface area contributed by atoms with Gasteiger partial charge in [-0.25, -0.2) is 4.39 Å². The second kappa shape index (κ2) is 7.38. The molecule has 2 aromatic carbocycles. The summed E-state index contributed by atoms with van der Waals surface area (Å²) in [4.78, 5) is 0.151. The lowest BCUT2D eigenvalue weighted by atomic mass is 10.2. The zero-order valence-corrected chi connectivity index (χ0v) is 13.4. The van der Waals surface area contributed by atoms with E-state index < -0.39 is 5.82 Å². The van der Waals surface area contributed by atoms with Crippen molar-refractivity contribution in [3.05, 3.63) is 58.3 Å². The van der Waals surface area contributed by atoms with Gasteiger partial charge < -0.3 is 15.2 Å². The summed E-state index contributed by atoms with van der Waals surface area (Å²) in [5.74, 6) is 0.368. The summed E-state index contributed by atoms with van der Waals surface area (Å²) in [6.45, 7) is 0.544. The highest BCUT2D eigenvalue weighted by Crippen LogP contribution is 2.19. The minimum Gasteiger partial charge on any atom is -0.490 e. The molecule has 0 heterocycles. The first kappa shape index (κ1) is 15.7. The Hall–Kier alpha value is -1.66. The molecule has 0 atom stereocenters. The summed E-state index contributed by atoms with van der Waals surface area (Å²) in [5, 5.41) is 0. The number of hydrogen-bond acceptors (Lipinski definition) is 3. The van der Waals surface area contributed by atoms with Crippen LogP contribution in [0, 0.1) is 5.82 Å². The van der Waals surface area contributed by atoms with Crippen LogP contribution in [0.5, 0.6) is 11.5 Å². The highest BCUT2D eigenvalue weighted by molar-refractivity contribution is 9.10. The normalized spacial score (nSPS) is 10.2. The minimum absolute atomic E-state index is 0.146. The molecule has 0 radical (unpaired) electrons. The van der Waals surface area contributed by atoms with Gasteiger partial charge in [0.2, 0.25) is 0 Å². The summed E-state index contributed by atoms with van der Waals surface area (Å²) in [7, 11) is 0. The van der Waals surface area contributed by atoms with E-state index in [0.717, 1.165) is 10.2 Å². The van der Waals surface area contributed by atoms with Gasteiger partial charge in [-0.3, -0.25) is 0 Å². The summed E-state index contributed by atoms with van der Waals surface area (Å²) >= 11 is 8.14. The molecule has 3 nitrogen and oxygen atoms in total. The molecule has 0 aliphatic heterocycles. The fourth-order valence-corrected chi connectivity index (χ4v) is 2.14. The molecule has 0 aliphatic carbocycles. The van der Waals surface area contributed by atoms with E-state index in [4.69, 9.17) is 27.4 Å². The van der Waals surface area contributed by atoms with Crippen LogP contribution in [-0.4, -0.2) is 18.2 Å². The largest absolute Gasteiger partial charge is 0.490 e. The van der Waals surface area contributed by atoms with E-state index in [9.17, 15) is 4.39 Å². The Morgan fingerprint density at radius 2 is 1.90 bits per heavy atom. The Kier molecular flexibility index (Phi) is 5.52. The van der Waals surface area contributed by atoms with Crippen LogP contribution in [0.3, 0.4) is 0 Å². The lowest BCUT2D eigenvalue weighted by molar-refractivity contribution is 0.211. The van der Waals surface area contributed by atoms with Gasteiger partial charge in [0, 0.05) is 10.0 Å². The van der Waals surface area contributed by atoms with Gasteiger partial charge in [0.05, 0.1) is 0 Å². The highest BCUT2D eigenvalue weighted by Gasteiger charge is 2.06. The molecule has 0 aromatic heterocycles. The number of halogens is 2. The molecule has 0 fully saturated rings. The number of hydrogen-bond donors (Lipinski definition) is 1. The van der Waals surface area contributed by atoms with E-state index in [0.29, 0.717) is 12.2 Å². The Morgan fingerprint density at radius 1 is 1.14 bits per heavy atom. The van der Waals surface area contributed by atoms with Crippen molar-refractivity contribution in [3.63, 3.8) is 0 Å². The van der Waals surface area contributed by atoms with E-state index in [1.807, 2.05) is 24.3 Å². The van der Waals surface area contributed by atoms with Crippen LogP contribution in [-0.2, 0) is 0 Å². The molecule has 0 saturated heterocycles. The fraction of sp³-hybridized carbons (Fsp3) is 0.133. The van der Waals surface area contributed by atoms with Crippen molar-refractivity contribution in [3.8, 4) is 11.5 Å². The third kappa shape index (κ3) is 4.68. The van der Waals surface area contributed by atoms with Crippen LogP contribution < -0.4 is 15.2 Å². The molecule has 2 N–H and O–H groups in total. The van der Waals surface area contributed by atoms with E-state index >= 15 is 0 Å². The molecule has 0 bridgehead atoms. The number of ether oxygens (including phenoxy) is 2. The Labute approximate surface area is 136 Å².